The van der Waals surface area contributed by atoms with Crippen molar-refractivity contribution in [1.29, 1.82) is 5.26 Å². The summed E-state index contributed by atoms with van der Waals surface area (Å²) in [5, 5.41) is 13.3. The summed E-state index contributed by atoms with van der Waals surface area (Å²) in [4.78, 5) is 1.37. The van der Waals surface area contributed by atoms with Gasteiger partial charge in [0.2, 0.25) is 0 Å². The maximum Gasteiger partial charge on any atom is 0.104 e. The maximum absolute atomic E-state index is 9.26. The summed E-state index contributed by atoms with van der Waals surface area (Å²) < 4.78 is 0. The zero-order valence-corrected chi connectivity index (χ0v) is 9.99. The zero-order valence-electron chi connectivity index (χ0n) is 9.18. The van der Waals surface area contributed by atoms with Crippen LogP contribution in [-0.2, 0) is 11.8 Å². The zero-order chi connectivity index (χ0) is 11.2. The number of hydrogen-bond acceptors (Lipinski definition) is 4. The number of fused-ring (bicyclic) bond motifs is 2. The van der Waals surface area contributed by atoms with Crippen LogP contribution in [0.5, 0.6) is 0 Å². The molecule has 0 saturated carbocycles. The second-order valence-electron chi connectivity index (χ2n) is 4.84. The summed E-state index contributed by atoms with van der Waals surface area (Å²) in [6.07, 6.45) is 4.82. The number of nitrogens with zero attached hydrogens (tertiary/aromatic N) is 1. The van der Waals surface area contributed by atoms with Gasteiger partial charge in [-0.1, -0.05) is 6.42 Å². The summed E-state index contributed by atoms with van der Waals surface area (Å²) >= 11 is 1.63. The Morgan fingerprint density at radius 2 is 2.19 bits per heavy atom. The number of rotatable bonds is 0. The van der Waals surface area contributed by atoms with E-state index in [-0.39, 0.29) is 5.41 Å². The number of anilines is 1. The Labute approximate surface area is 99.3 Å². The molecule has 3 rings (SSSR count). The minimum absolute atomic E-state index is 0.227. The molecule has 1 aromatic rings. The molecule has 16 heavy (non-hydrogen) atoms. The average Bonchev–Trinajstić information content (AvgIpc) is 2.42. The van der Waals surface area contributed by atoms with E-state index in [1.165, 1.54) is 29.7 Å². The predicted molar refractivity (Wildman–Crippen MR) is 65.5 cm³/mol. The van der Waals surface area contributed by atoms with Crippen LogP contribution in [-0.4, -0.2) is 13.1 Å². The van der Waals surface area contributed by atoms with Crippen molar-refractivity contribution in [2.24, 2.45) is 0 Å². The molecular weight excluding hydrogens is 218 g/mol. The first-order chi connectivity index (χ1) is 7.77. The van der Waals surface area contributed by atoms with Crippen LogP contribution in [0.25, 0.3) is 0 Å². The summed E-state index contributed by atoms with van der Waals surface area (Å²) in [7, 11) is 0. The lowest BCUT2D eigenvalue weighted by atomic mass is 9.71. The molecule has 1 spiro atoms. The van der Waals surface area contributed by atoms with Gasteiger partial charge in [-0.05, 0) is 24.8 Å². The SMILES string of the molecule is N#Cc1c(N)sc2c1C1(CCCC2)CNC1. The third-order valence-corrected chi connectivity index (χ3v) is 4.97. The molecule has 2 heterocycles. The number of nitrogens with two attached hydrogens (primary N) is 1. The average molecular weight is 233 g/mol. The molecule has 0 radical (unpaired) electrons. The van der Waals surface area contributed by atoms with Crippen molar-refractivity contribution < 1.29 is 0 Å². The van der Waals surface area contributed by atoms with Gasteiger partial charge in [-0.25, -0.2) is 0 Å². The standard InChI is InChI=1S/C12H15N3S/c13-5-8-10-9(16-11(8)14)3-1-2-4-12(10)6-15-7-12/h15H,1-4,6-7,14H2. The fourth-order valence-electron chi connectivity index (χ4n) is 3.00. The van der Waals surface area contributed by atoms with Crippen LogP contribution in [0, 0.1) is 11.3 Å². The number of aryl methyl sites for hydroxylation is 1. The lowest BCUT2D eigenvalue weighted by Gasteiger charge is -2.43. The second-order valence-corrected chi connectivity index (χ2v) is 5.98. The van der Waals surface area contributed by atoms with E-state index in [1.807, 2.05) is 0 Å². The van der Waals surface area contributed by atoms with Crippen molar-refractivity contribution in [2.45, 2.75) is 31.1 Å². The molecule has 1 aliphatic heterocycles. The van der Waals surface area contributed by atoms with E-state index in [0.29, 0.717) is 0 Å². The van der Waals surface area contributed by atoms with E-state index in [0.717, 1.165) is 30.1 Å². The van der Waals surface area contributed by atoms with Gasteiger partial charge < -0.3 is 11.1 Å². The molecule has 3 nitrogen and oxygen atoms in total. The van der Waals surface area contributed by atoms with Crippen LogP contribution in [0.3, 0.4) is 0 Å². The number of hydrogen-bond donors (Lipinski definition) is 2. The van der Waals surface area contributed by atoms with Gasteiger partial charge in [0.1, 0.15) is 11.1 Å². The Balaban J connectivity index is 2.19. The molecule has 0 amide bonds. The van der Waals surface area contributed by atoms with Gasteiger partial charge in [0.05, 0.1) is 5.56 Å². The lowest BCUT2D eigenvalue weighted by molar-refractivity contribution is 0.256. The van der Waals surface area contributed by atoms with Gasteiger partial charge in [0.15, 0.2) is 0 Å². The summed E-state index contributed by atoms with van der Waals surface area (Å²) in [5.41, 5.74) is 8.24. The molecule has 0 bridgehead atoms. The second kappa shape index (κ2) is 3.47. The summed E-state index contributed by atoms with van der Waals surface area (Å²) in [5.74, 6) is 0. The number of nitrogen functional groups attached to an aromatic ring is 1. The van der Waals surface area contributed by atoms with Crippen molar-refractivity contribution in [2.75, 3.05) is 18.8 Å². The molecule has 0 unspecified atom stereocenters. The van der Waals surface area contributed by atoms with Gasteiger partial charge in [0.25, 0.3) is 0 Å². The number of thiophene rings is 1. The van der Waals surface area contributed by atoms with Crippen molar-refractivity contribution in [3.8, 4) is 6.07 Å². The van der Waals surface area contributed by atoms with Crippen molar-refractivity contribution in [1.82, 2.24) is 5.32 Å². The van der Waals surface area contributed by atoms with Gasteiger partial charge >= 0.3 is 0 Å². The normalized spacial score (nSPS) is 21.9. The van der Waals surface area contributed by atoms with E-state index in [2.05, 4.69) is 11.4 Å². The highest BCUT2D eigenvalue weighted by molar-refractivity contribution is 7.16. The molecular formula is C12H15N3S. The van der Waals surface area contributed by atoms with E-state index >= 15 is 0 Å². The Bertz CT molecular complexity index is 465. The highest BCUT2D eigenvalue weighted by Crippen LogP contribution is 2.46. The Morgan fingerprint density at radius 1 is 1.38 bits per heavy atom. The number of nitrogens with one attached hydrogen (secondary N) is 1. The highest BCUT2D eigenvalue weighted by Gasteiger charge is 2.43. The largest absolute Gasteiger partial charge is 0.389 e. The van der Waals surface area contributed by atoms with E-state index in [4.69, 9.17) is 5.73 Å². The Kier molecular flexibility index (Phi) is 2.20. The summed E-state index contributed by atoms with van der Waals surface area (Å²) in [6, 6.07) is 2.31. The summed E-state index contributed by atoms with van der Waals surface area (Å²) in [6.45, 7) is 2.04. The topological polar surface area (TPSA) is 61.8 Å². The van der Waals surface area contributed by atoms with Crippen LogP contribution in [0.2, 0.25) is 0 Å². The van der Waals surface area contributed by atoms with E-state index in [9.17, 15) is 5.26 Å². The highest BCUT2D eigenvalue weighted by atomic mass is 32.1. The van der Waals surface area contributed by atoms with E-state index < -0.39 is 0 Å². The van der Waals surface area contributed by atoms with Gasteiger partial charge in [-0.2, -0.15) is 5.26 Å². The minimum atomic E-state index is 0.227. The molecule has 1 aromatic heterocycles. The van der Waals surface area contributed by atoms with Crippen LogP contribution in [0.4, 0.5) is 5.00 Å². The van der Waals surface area contributed by atoms with Gasteiger partial charge in [-0.3, -0.25) is 0 Å². The van der Waals surface area contributed by atoms with Crippen molar-refractivity contribution >= 4 is 16.3 Å². The first-order valence-electron chi connectivity index (χ1n) is 5.79. The minimum Gasteiger partial charge on any atom is -0.389 e. The quantitative estimate of drug-likeness (QED) is 0.718. The van der Waals surface area contributed by atoms with Crippen molar-refractivity contribution in [3.05, 3.63) is 16.0 Å². The third-order valence-electron chi connectivity index (χ3n) is 3.89. The molecule has 84 valence electrons. The molecule has 0 aromatic carbocycles. The third kappa shape index (κ3) is 1.22. The van der Waals surface area contributed by atoms with Gasteiger partial charge in [0, 0.05) is 23.4 Å². The fourth-order valence-corrected chi connectivity index (χ4v) is 4.18. The molecule has 1 aliphatic carbocycles. The van der Waals surface area contributed by atoms with E-state index in [1.54, 1.807) is 11.3 Å². The van der Waals surface area contributed by atoms with Crippen molar-refractivity contribution in [3.63, 3.8) is 0 Å². The molecule has 4 heteroatoms. The molecule has 1 saturated heterocycles. The predicted octanol–water partition coefficient (Wildman–Crippen LogP) is 1.77. The van der Waals surface area contributed by atoms with Crippen LogP contribution >= 0.6 is 11.3 Å². The molecule has 0 atom stereocenters. The monoisotopic (exact) mass is 233 g/mol. The lowest BCUT2D eigenvalue weighted by Crippen LogP contribution is -2.57. The Morgan fingerprint density at radius 3 is 2.81 bits per heavy atom. The smallest absolute Gasteiger partial charge is 0.104 e. The molecule has 2 aliphatic rings. The molecule has 1 fully saturated rings. The van der Waals surface area contributed by atoms with Crippen LogP contribution < -0.4 is 11.1 Å². The Hall–Kier alpha value is -1.05. The first-order valence-corrected chi connectivity index (χ1v) is 6.61. The maximum atomic E-state index is 9.26. The fraction of sp³-hybridized carbons (Fsp3) is 0.583. The number of nitriles is 1. The molecule has 3 N–H and O–H groups in total. The van der Waals surface area contributed by atoms with Crippen LogP contribution in [0.1, 0.15) is 35.3 Å². The van der Waals surface area contributed by atoms with Gasteiger partial charge in [-0.15, -0.1) is 11.3 Å². The van der Waals surface area contributed by atoms with Crippen LogP contribution in [0.15, 0.2) is 0 Å². The first kappa shape index (κ1) is 10.1.